The summed E-state index contributed by atoms with van der Waals surface area (Å²) in [5.41, 5.74) is 2.27. The minimum absolute atomic E-state index is 0.0480. The first-order valence-electron chi connectivity index (χ1n) is 8.75. The summed E-state index contributed by atoms with van der Waals surface area (Å²) in [5, 5.41) is 0. The molecule has 1 aliphatic carbocycles. The highest BCUT2D eigenvalue weighted by Gasteiger charge is 2.58. The monoisotopic (exact) mass is 345 g/mol. The summed E-state index contributed by atoms with van der Waals surface area (Å²) in [6.45, 7) is 1.21. The Hall–Kier alpha value is -1.76. The van der Waals surface area contributed by atoms with Crippen molar-refractivity contribution in [1.29, 1.82) is 0 Å². The predicted octanol–water partition coefficient (Wildman–Crippen LogP) is 2.37. The lowest BCUT2D eigenvalue weighted by Gasteiger charge is -2.48. The van der Waals surface area contributed by atoms with Crippen molar-refractivity contribution in [2.45, 2.75) is 36.6 Å². The van der Waals surface area contributed by atoms with Gasteiger partial charge in [0, 0.05) is 37.8 Å². The van der Waals surface area contributed by atoms with Crippen LogP contribution in [0.1, 0.15) is 30.2 Å². The van der Waals surface area contributed by atoms with Crippen LogP contribution in [0.3, 0.4) is 0 Å². The lowest BCUT2D eigenvalue weighted by atomic mass is 9.66. The quantitative estimate of drug-likeness (QED) is 0.784. The van der Waals surface area contributed by atoms with E-state index in [4.69, 9.17) is 23.7 Å². The second-order valence-electron chi connectivity index (χ2n) is 7.11. The Labute approximate surface area is 147 Å². The van der Waals surface area contributed by atoms with Crippen molar-refractivity contribution in [2.24, 2.45) is 0 Å². The number of hydrogen-bond donors (Lipinski definition) is 0. The molecule has 3 heterocycles. The molecule has 0 N–H and O–H groups in total. The molecule has 0 amide bonds. The second-order valence-corrected chi connectivity index (χ2v) is 7.11. The van der Waals surface area contributed by atoms with E-state index in [0.29, 0.717) is 11.8 Å². The molecule has 5 unspecified atom stereocenters. The van der Waals surface area contributed by atoms with Crippen LogP contribution in [0.15, 0.2) is 18.2 Å². The maximum Gasteiger partial charge on any atom is 0.231 e. The molecule has 3 aliphatic heterocycles. The first-order chi connectivity index (χ1) is 12.2. The molecule has 1 saturated heterocycles. The van der Waals surface area contributed by atoms with E-state index in [1.807, 2.05) is 0 Å². The molecule has 0 aromatic heterocycles. The Morgan fingerprint density at radius 2 is 2.08 bits per heavy atom. The van der Waals surface area contributed by atoms with E-state index in [-0.39, 0.29) is 24.5 Å². The number of hydrogen-bond acceptors (Lipinski definition) is 6. The van der Waals surface area contributed by atoms with Crippen molar-refractivity contribution in [3.8, 4) is 17.2 Å². The fourth-order valence-electron chi connectivity index (χ4n) is 5.19. The van der Waals surface area contributed by atoms with Gasteiger partial charge in [-0.25, -0.2) is 0 Å². The average Bonchev–Trinajstić information content (AvgIpc) is 3.23. The van der Waals surface area contributed by atoms with Crippen LogP contribution in [-0.2, 0) is 14.9 Å². The Bertz CT molecular complexity index is 748. The Kier molecular flexibility index (Phi) is 3.33. The van der Waals surface area contributed by atoms with Gasteiger partial charge in [-0.05, 0) is 24.5 Å². The summed E-state index contributed by atoms with van der Waals surface area (Å²) in [4.78, 5) is 2.45. The summed E-state index contributed by atoms with van der Waals surface area (Å²) < 4.78 is 28.7. The molecule has 6 heteroatoms. The molecule has 5 rings (SSSR count). The van der Waals surface area contributed by atoms with E-state index < -0.39 is 0 Å². The van der Waals surface area contributed by atoms with Crippen LogP contribution >= 0.6 is 0 Å². The highest BCUT2D eigenvalue weighted by Crippen LogP contribution is 2.60. The smallest absolute Gasteiger partial charge is 0.231 e. The van der Waals surface area contributed by atoms with E-state index in [1.54, 1.807) is 21.3 Å². The molecule has 2 bridgehead atoms. The van der Waals surface area contributed by atoms with Crippen molar-refractivity contribution in [3.05, 3.63) is 29.3 Å². The van der Waals surface area contributed by atoms with Crippen LogP contribution in [-0.4, -0.2) is 51.7 Å². The third kappa shape index (κ3) is 1.85. The predicted molar refractivity (Wildman–Crippen MR) is 90.2 cm³/mol. The lowest BCUT2D eigenvalue weighted by molar-refractivity contribution is -0.0679. The first kappa shape index (κ1) is 15.5. The van der Waals surface area contributed by atoms with Gasteiger partial charge >= 0.3 is 0 Å². The molecule has 1 fully saturated rings. The topological polar surface area (TPSA) is 49.4 Å². The Morgan fingerprint density at radius 3 is 2.84 bits per heavy atom. The normalized spacial score (nSPS) is 36.9. The van der Waals surface area contributed by atoms with E-state index in [1.165, 1.54) is 5.56 Å². The average molecular weight is 345 g/mol. The van der Waals surface area contributed by atoms with Gasteiger partial charge < -0.3 is 23.7 Å². The van der Waals surface area contributed by atoms with Gasteiger partial charge in [-0.2, -0.15) is 0 Å². The number of nitrogens with zero attached hydrogens (tertiary/aromatic N) is 1. The number of benzene rings is 1. The minimum Gasteiger partial charge on any atom is -0.492 e. The summed E-state index contributed by atoms with van der Waals surface area (Å²) in [7, 11) is 5.22. The van der Waals surface area contributed by atoms with Gasteiger partial charge in [0.05, 0.1) is 13.2 Å². The fourth-order valence-corrected chi connectivity index (χ4v) is 5.19. The van der Waals surface area contributed by atoms with Crippen molar-refractivity contribution in [2.75, 3.05) is 34.7 Å². The van der Waals surface area contributed by atoms with Gasteiger partial charge in [-0.15, -0.1) is 0 Å². The summed E-state index contributed by atoms with van der Waals surface area (Å²) in [6.07, 6.45) is 6.55. The second kappa shape index (κ2) is 5.37. The van der Waals surface area contributed by atoms with Gasteiger partial charge in [-0.1, -0.05) is 12.2 Å². The number of ether oxygens (including phenoxy) is 5. The maximum absolute atomic E-state index is 5.95. The summed E-state index contributed by atoms with van der Waals surface area (Å²) in [6, 6.07) is 2.49. The molecule has 0 radical (unpaired) electrons. The third-order valence-corrected chi connectivity index (χ3v) is 6.28. The molecular formula is C19H23NO5. The van der Waals surface area contributed by atoms with Crippen molar-refractivity contribution in [1.82, 2.24) is 4.90 Å². The number of fused-ring (bicyclic) bond motifs is 2. The van der Waals surface area contributed by atoms with Crippen molar-refractivity contribution >= 4 is 0 Å². The van der Waals surface area contributed by atoms with Crippen molar-refractivity contribution in [3.63, 3.8) is 0 Å². The van der Waals surface area contributed by atoms with Crippen LogP contribution in [0.4, 0.5) is 0 Å². The number of methoxy groups -OCH3 is 3. The molecule has 25 heavy (non-hydrogen) atoms. The Morgan fingerprint density at radius 1 is 1.20 bits per heavy atom. The van der Waals surface area contributed by atoms with Gasteiger partial charge in [0.1, 0.15) is 6.23 Å². The molecule has 134 valence electrons. The fraction of sp³-hybridized carbons (Fsp3) is 0.579. The molecular weight excluding hydrogens is 322 g/mol. The highest BCUT2D eigenvalue weighted by atomic mass is 16.7. The molecule has 6 nitrogen and oxygen atoms in total. The van der Waals surface area contributed by atoms with E-state index in [9.17, 15) is 0 Å². The standard InChI is InChI=1S/C19H23NO5/c1-21-11-4-5-19-6-7-20(14(19)8-11)18(23-3)15-12(19)9-13-16(17(15)22-2)25-10-24-13/h4-5,9,11,14,18H,6-8,10H2,1-3H3. The largest absolute Gasteiger partial charge is 0.492 e. The van der Waals surface area contributed by atoms with Gasteiger partial charge in [0.2, 0.25) is 12.5 Å². The molecule has 1 aromatic rings. The molecule has 0 spiro atoms. The maximum atomic E-state index is 5.95. The molecule has 4 aliphatic rings. The van der Waals surface area contributed by atoms with E-state index in [2.05, 4.69) is 23.1 Å². The van der Waals surface area contributed by atoms with Crippen LogP contribution in [0.25, 0.3) is 0 Å². The molecule has 0 saturated carbocycles. The zero-order chi connectivity index (χ0) is 17.2. The van der Waals surface area contributed by atoms with Crippen LogP contribution in [0, 0.1) is 0 Å². The number of rotatable bonds is 3. The first-order valence-corrected chi connectivity index (χ1v) is 8.75. The zero-order valence-corrected chi connectivity index (χ0v) is 14.8. The minimum atomic E-state index is -0.149. The van der Waals surface area contributed by atoms with Crippen molar-refractivity contribution < 1.29 is 23.7 Å². The zero-order valence-electron chi connectivity index (χ0n) is 14.8. The van der Waals surface area contributed by atoms with Crippen LogP contribution in [0.2, 0.25) is 0 Å². The van der Waals surface area contributed by atoms with Crippen LogP contribution < -0.4 is 14.2 Å². The van der Waals surface area contributed by atoms with Gasteiger partial charge in [0.25, 0.3) is 0 Å². The van der Waals surface area contributed by atoms with Gasteiger partial charge in [-0.3, -0.25) is 4.90 Å². The highest BCUT2D eigenvalue weighted by molar-refractivity contribution is 5.65. The lowest BCUT2D eigenvalue weighted by Crippen LogP contribution is -2.51. The molecule has 5 atom stereocenters. The Balaban J connectivity index is 1.78. The summed E-state index contributed by atoms with van der Waals surface area (Å²) in [5.74, 6) is 2.19. The van der Waals surface area contributed by atoms with E-state index in [0.717, 1.165) is 36.4 Å². The molecule has 1 aromatic carbocycles. The SMILES string of the molecule is COc1c2c(cc3c1C(OC)N1CCC34C=CC(OC)CC14)OCO2. The third-order valence-electron chi connectivity index (χ3n) is 6.28. The van der Waals surface area contributed by atoms with Crippen LogP contribution in [0.5, 0.6) is 17.2 Å². The van der Waals surface area contributed by atoms with E-state index >= 15 is 0 Å². The van der Waals surface area contributed by atoms with Gasteiger partial charge in [0.15, 0.2) is 11.5 Å². The summed E-state index contributed by atoms with van der Waals surface area (Å²) >= 11 is 0.